The quantitative estimate of drug-likeness (QED) is 0.801. The summed E-state index contributed by atoms with van der Waals surface area (Å²) < 4.78 is 0. The summed E-state index contributed by atoms with van der Waals surface area (Å²) >= 11 is 0. The number of rotatable bonds is 3. The number of likely N-dealkylation sites (tertiary alicyclic amines) is 1. The molecule has 2 aliphatic rings. The smallest absolute Gasteiger partial charge is 0.228 e. The van der Waals surface area contributed by atoms with Crippen LogP contribution in [0.2, 0.25) is 0 Å². The molecule has 3 rings (SSSR count). The molecule has 0 saturated carbocycles. The first-order valence-electron chi connectivity index (χ1n) is 7.77. The van der Waals surface area contributed by atoms with Crippen LogP contribution in [0.4, 0.5) is 0 Å². The number of nitrogens with zero attached hydrogens (tertiary/aromatic N) is 4. The standard InChI is InChI=1S/C16H22N4O2/c1-18-12-14(10-15(18)21)16(22)20-8-6-19(7-9-20)11-13-2-4-17-5-3-13/h2-5,14H,6-12H2,1H3/t14-/m0/s1. The van der Waals surface area contributed by atoms with E-state index in [1.54, 1.807) is 11.9 Å². The molecule has 22 heavy (non-hydrogen) atoms. The molecule has 1 aromatic heterocycles. The Morgan fingerprint density at radius 3 is 2.50 bits per heavy atom. The van der Waals surface area contributed by atoms with E-state index < -0.39 is 0 Å². The highest BCUT2D eigenvalue weighted by Gasteiger charge is 2.35. The van der Waals surface area contributed by atoms with Crippen LogP contribution in [-0.2, 0) is 16.1 Å². The number of amides is 2. The van der Waals surface area contributed by atoms with Gasteiger partial charge in [-0.25, -0.2) is 0 Å². The zero-order valence-electron chi connectivity index (χ0n) is 12.9. The van der Waals surface area contributed by atoms with E-state index in [0.29, 0.717) is 13.0 Å². The second kappa shape index (κ2) is 6.44. The van der Waals surface area contributed by atoms with Crippen molar-refractivity contribution in [1.82, 2.24) is 19.7 Å². The molecule has 2 fully saturated rings. The number of aromatic nitrogens is 1. The maximum absolute atomic E-state index is 12.5. The highest BCUT2D eigenvalue weighted by molar-refractivity contribution is 5.89. The summed E-state index contributed by atoms with van der Waals surface area (Å²) in [6.45, 7) is 4.72. The van der Waals surface area contributed by atoms with Gasteiger partial charge in [-0.1, -0.05) is 0 Å². The van der Waals surface area contributed by atoms with E-state index in [-0.39, 0.29) is 17.7 Å². The first kappa shape index (κ1) is 15.0. The van der Waals surface area contributed by atoms with Crippen LogP contribution in [0.25, 0.3) is 0 Å². The molecule has 6 heteroatoms. The van der Waals surface area contributed by atoms with Crippen molar-refractivity contribution in [2.75, 3.05) is 39.8 Å². The number of carbonyl (C=O) groups excluding carboxylic acids is 2. The number of carbonyl (C=O) groups is 2. The minimum Gasteiger partial charge on any atom is -0.345 e. The van der Waals surface area contributed by atoms with Crippen LogP contribution < -0.4 is 0 Å². The van der Waals surface area contributed by atoms with Crippen molar-refractivity contribution in [3.8, 4) is 0 Å². The largest absolute Gasteiger partial charge is 0.345 e. The van der Waals surface area contributed by atoms with Crippen molar-refractivity contribution in [1.29, 1.82) is 0 Å². The molecule has 0 aliphatic carbocycles. The van der Waals surface area contributed by atoms with Crippen molar-refractivity contribution in [2.24, 2.45) is 5.92 Å². The summed E-state index contributed by atoms with van der Waals surface area (Å²) in [4.78, 5) is 34.0. The van der Waals surface area contributed by atoms with Crippen LogP contribution in [0.15, 0.2) is 24.5 Å². The normalized spacial score (nSPS) is 23.1. The first-order valence-corrected chi connectivity index (χ1v) is 7.77. The zero-order valence-corrected chi connectivity index (χ0v) is 12.9. The molecular formula is C16H22N4O2. The Morgan fingerprint density at radius 2 is 1.91 bits per heavy atom. The SMILES string of the molecule is CN1C[C@@H](C(=O)N2CCN(Cc3ccncc3)CC2)CC1=O. The molecule has 1 aromatic rings. The third kappa shape index (κ3) is 3.27. The maximum atomic E-state index is 12.5. The molecule has 2 amide bonds. The Hall–Kier alpha value is -1.95. The van der Waals surface area contributed by atoms with Crippen LogP contribution in [0, 0.1) is 5.92 Å². The molecular weight excluding hydrogens is 280 g/mol. The molecule has 3 heterocycles. The third-order valence-corrected chi connectivity index (χ3v) is 4.53. The molecule has 0 aromatic carbocycles. The van der Waals surface area contributed by atoms with Crippen LogP contribution in [0.5, 0.6) is 0 Å². The minimum absolute atomic E-state index is 0.0784. The van der Waals surface area contributed by atoms with Crippen molar-refractivity contribution in [3.63, 3.8) is 0 Å². The van der Waals surface area contributed by atoms with Gasteiger partial charge in [0.2, 0.25) is 11.8 Å². The Labute approximate surface area is 130 Å². The van der Waals surface area contributed by atoms with E-state index in [0.717, 1.165) is 32.7 Å². The van der Waals surface area contributed by atoms with Gasteiger partial charge in [-0.05, 0) is 17.7 Å². The average Bonchev–Trinajstić information content (AvgIpc) is 2.88. The van der Waals surface area contributed by atoms with E-state index in [1.165, 1.54) is 5.56 Å². The summed E-state index contributed by atoms with van der Waals surface area (Å²) in [5.41, 5.74) is 1.25. The Balaban J connectivity index is 1.49. The highest BCUT2D eigenvalue weighted by Crippen LogP contribution is 2.19. The molecule has 6 nitrogen and oxygen atoms in total. The fourth-order valence-corrected chi connectivity index (χ4v) is 3.16. The van der Waals surface area contributed by atoms with Crippen LogP contribution >= 0.6 is 0 Å². The maximum Gasteiger partial charge on any atom is 0.228 e. The van der Waals surface area contributed by atoms with Gasteiger partial charge in [0.05, 0.1) is 5.92 Å². The van der Waals surface area contributed by atoms with Gasteiger partial charge in [0, 0.05) is 65.1 Å². The van der Waals surface area contributed by atoms with Gasteiger partial charge in [0.25, 0.3) is 0 Å². The number of pyridine rings is 1. The molecule has 2 saturated heterocycles. The topological polar surface area (TPSA) is 56.8 Å². The van der Waals surface area contributed by atoms with Gasteiger partial charge in [0.1, 0.15) is 0 Å². The van der Waals surface area contributed by atoms with E-state index in [4.69, 9.17) is 0 Å². The Morgan fingerprint density at radius 1 is 1.23 bits per heavy atom. The van der Waals surface area contributed by atoms with Gasteiger partial charge >= 0.3 is 0 Å². The summed E-state index contributed by atoms with van der Waals surface area (Å²) in [5, 5.41) is 0. The fourth-order valence-electron chi connectivity index (χ4n) is 3.16. The second-order valence-electron chi connectivity index (χ2n) is 6.13. The van der Waals surface area contributed by atoms with Crippen LogP contribution in [-0.4, -0.2) is 71.3 Å². The summed E-state index contributed by atoms with van der Waals surface area (Å²) in [5.74, 6) is 0.0696. The Bertz CT molecular complexity index is 540. The second-order valence-corrected chi connectivity index (χ2v) is 6.13. The molecule has 0 spiro atoms. The molecule has 1 atom stereocenters. The van der Waals surface area contributed by atoms with Crippen molar-refractivity contribution >= 4 is 11.8 Å². The highest BCUT2D eigenvalue weighted by atomic mass is 16.2. The molecule has 0 N–H and O–H groups in total. The van der Waals surface area contributed by atoms with E-state index in [2.05, 4.69) is 9.88 Å². The lowest BCUT2D eigenvalue weighted by atomic mass is 10.1. The zero-order chi connectivity index (χ0) is 15.5. The molecule has 2 aliphatic heterocycles. The first-order chi connectivity index (χ1) is 10.6. The van der Waals surface area contributed by atoms with Crippen LogP contribution in [0.1, 0.15) is 12.0 Å². The lowest BCUT2D eigenvalue weighted by molar-refractivity contribution is -0.137. The van der Waals surface area contributed by atoms with Gasteiger partial charge < -0.3 is 9.80 Å². The minimum atomic E-state index is -0.149. The predicted molar refractivity (Wildman–Crippen MR) is 81.8 cm³/mol. The van der Waals surface area contributed by atoms with E-state index in [9.17, 15) is 9.59 Å². The lowest BCUT2D eigenvalue weighted by Crippen LogP contribution is -2.50. The molecule has 0 bridgehead atoms. The monoisotopic (exact) mass is 302 g/mol. The predicted octanol–water partition coefficient (Wildman–Crippen LogP) is 0.204. The lowest BCUT2D eigenvalue weighted by Gasteiger charge is -2.35. The number of piperazine rings is 1. The Kier molecular flexibility index (Phi) is 4.38. The van der Waals surface area contributed by atoms with Gasteiger partial charge in [-0.15, -0.1) is 0 Å². The molecule has 0 unspecified atom stereocenters. The van der Waals surface area contributed by atoms with E-state index >= 15 is 0 Å². The van der Waals surface area contributed by atoms with Gasteiger partial charge in [-0.3, -0.25) is 19.5 Å². The molecule has 118 valence electrons. The average molecular weight is 302 g/mol. The summed E-state index contributed by atoms with van der Waals surface area (Å²) in [6.07, 6.45) is 3.98. The van der Waals surface area contributed by atoms with Crippen molar-refractivity contribution in [3.05, 3.63) is 30.1 Å². The van der Waals surface area contributed by atoms with E-state index in [1.807, 2.05) is 29.4 Å². The molecule has 0 radical (unpaired) electrons. The van der Waals surface area contributed by atoms with Crippen molar-refractivity contribution < 1.29 is 9.59 Å². The van der Waals surface area contributed by atoms with Crippen LogP contribution in [0.3, 0.4) is 0 Å². The summed E-state index contributed by atoms with van der Waals surface area (Å²) in [7, 11) is 1.77. The van der Waals surface area contributed by atoms with Gasteiger partial charge in [-0.2, -0.15) is 0 Å². The number of hydrogen-bond acceptors (Lipinski definition) is 4. The number of hydrogen-bond donors (Lipinski definition) is 0. The third-order valence-electron chi connectivity index (χ3n) is 4.53. The van der Waals surface area contributed by atoms with Crippen molar-refractivity contribution in [2.45, 2.75) is 13.0 Å². The fraction of sp³-hybridized carbons (Fsp3) is 0.562. The van der Waals surface area contributed by atoms with Gasteiger partial charge in [0.15, 0.2) is 0 Å². The summed E-state index contributed by atoms with van der Waals surface area (Å²) in [6, 6.07) is 4.05.